The van der Waals surface area contributed by atoms with E-state index in [2.05, 4.69) is 26.3 Å². The fourth-order valence-electron chi connectivity index (χ4n) is 3.26. The predicted octanol–water partition coefficient (Wildman–Crippen LogP) is 2.87. The second-order valence-corrected chi connectivity index (χ2v) is 7.95. The first-order chi connectivity index (χ1) is 13.5. The highest BCUT2D eigenvalue weighted by Gasteiger charge is 2.21. The van der Waals surface area contributed by atoms with Crippen LogP contribution >= 0.6 is 27.5 Å². The summed E-state index contributed by atoms with van der Waals surface area (Å²) in [5.74, 6) is -0.393. The molecule has 1 aromatic carbocycles. The van der Waals surface area contributed by atoms with Gasteiger partial charge in [0.15, 0.2) is 0 Å². The van der Waals surface area contributed by atoms with Crippen molar-refractivity contribution in [3.8, 4) is 0 Å². The molecule has 9 heteroatoms. The van der Waals surface area contributed by atoms with Crippen LogP contribution in [0.15, 0.2) is 45.9 Å². The summed E-state index contributed by atoms with van der Waals surface area (Å²) >= 11 is 9.28. The number of carbonyl (C=O) groups excluding carboxylic acids is 1. The van der Waals surface area contributed by atoms with E-state index in [1.807, 2.05) is 28.8 Å². The zero-order chi connectivity index (χ0) is 19.7. The molecule has 1 N–H and O–H groups in total. The predicted molar refractivity (Wildman–Crippen MR) is 109 cm³/mol. The third-order valence-corrected chi connectivity index (χ3v) is 5.37. The zero-order valence-corrected chi connectivity index (χ0v) is 17.2. The molecule has 0 saturated carbocycles. The summed E-state index contributed by atoms with van der Waals surface area (Å²) in [5, 5.41) is 7.79. The molecule has 0 atom stereocenters. The Kier molecular flexibility index (Phi) is 5.52. The summed E-state index contributed by atoms with van der Waals surface area (Å²) in [4.78, 5) is 25.6. The van der Waals surface area contributed by atoms with Crippen LogP contribution in [0.5, 0.6) is 0 Å². The Bertz CT molecular complexity index is 1070. The second-order valence-electron chi connectivity index (χ2n) is 6.70. The van der Waals surface area contributed by atoms with Crippen molar-refractivity contribution in [2.45, 2.75) is 25.4 Å². The van der Waals surface area contributed by atoms with Gasteiger partial charge in [0.05, 0.1) is 0 Å². The Morgan fingerprint density at radius 2 is 2.00 bits per heavy atom. The van der Waals surface area contributed by atoms with Crippen molar-refractivity contribution in [1.29, 1.82) is 0 Å². The third-order valence-electron chi connectivity index (χ3n) is 4.73. The Morgan fingerprint density at radius 1 is 1.29 bits per heavy atom. The standard InChI is InChI=1S/C19H18BrClN4O3/c20-16-9-17-24(10-12-1-3-13(21)4-2-12)11-15(19(27)25(17)23-16)18(26)22-14-5-7-28-8-6-14/h1-4,9,11,14H,5-8,10H2,(H,22,26). The fourth-order valence-corrected chi connectivity index (χ4v) is 3.75. The summed E-state index contributed by atoms with van der Waals surface area (Å²) in [7, 11) is 0. The van der Waals surface area contributed by atoms with Crippen LogP contribution in [-0.4, -0.2) is 39.3 Å². The van der Waals surface area contributed by atoms with Gasteiger partial charge in [0.25, 0.3) is 11.5 Å². The quantitative estimate of drug-likeness (QED) is 0.643. The summed E-state index contributed by atoms with van der Waals surface area (Å²) in [6, 6.07) is 9.18. The topological polar surface area (TPSA) is 77.6 Å². The van der Waals surface area contributed by atoms with Crippen molar-refractivity contribution in [1.82, 2.24) is 19.5 Å². The zero-order valence-electron chi connectivity index (χ0n) is 14.9. The molecule has 3 aromatic rings. The number of hydrogen-bond acceptors (Lipinski definition) is 4. The highest BCUT2D eigenvalue weighted by molar-refractivity contribution is 9.10. The average molecular weight is 466 g/mol. The van der Waals surface area contributed by atoms with E-state index in [1.165, 1.54) is 4.52 Å². The molecule has 146 valence electrons. The molecule has 0 bridgehead atoms. The number of ether oxygens (including phenoxy) is 1. The second kappa shape index (κ2) is 8.06. The average Bonchev–Trinajstić information content (AvgIpc) is 3.09. The number of carbonyl (C=O) groups is 1. The SMILES string of the molecule is O=C(NC1CCOCC1)c1cn(Cc2ccc(Cl)cc2)c2cc(Br)nn2c1=O. The molecule has 1 aliphatic rings. The Hall–Kier alpha value is -2.16. The summed E-state index contributed by atoms with van der Waals surface area (Å²) in [5.41, 5.74) is 1.19. The number of benzene rings is 1. The smallest absolute Gasteiger partial charge is 0.287 e. The highest BCUT2D eigenvalue weighted by Crippen LogP contribution is 2.16. The van der Waals surface area contributed by atoms with Crippen molar-refractivity contribution in [2.75, 3.05) is 13.2 Å². The van der Waals surface area contributed by atoms with Crippen molar-refractivity contribution >= 4 is 39.1 Å². The van der Waals surface area contributed by atoms with Gasteiger partial charge in [0, 0.05) is 43.1 Å². The molecule has 7 nitrogen and oxygen atoms in total. The highest BCUT2D eigenvalue weighted by atomic mass is 79.9. The minimum atomic E-state index is -0.447. The van der Waals surface area contributed by atoms with Gasteiger partial charge in [0.1, 0.15) is 15.8 Å². The molecule has 1 fully saturated rings. The number of hydrogen-bond donors (Lipinski definition) is 1. The number of amides is 1. The van der Waals surface area contributed by atoms with Crippen molar-refractivity contribution in [3.05, 3.63) is 67.6 Å². The van der Waals surface area contributed by atoms with E-state index < -0.39 is 11.5 Å². The molecule has 1 amide bonds. The van der Waals surface area contributed by atoms with Crippen LogP contribution in [0.2, 0.25) is 5.02 Å². The van der Waals surface area contributed by atoms with Gasteiger partial charge >= 0.3 is 0 Å². The molecule has 4 rings (SSSR count). The summed E-state index contributed by atoms with van der Waals surface area (Å²) in [6.07, 6.45) is 3.07. The summed E-state index contributed by atoms with van der Waals surface area (Å²) in [6.45, 7) is 1.68. The molecule has 2 aromatic heterocycles. The first-order valence-electron chi connectivity index (χ1n) is 8.93. The first kappa shape index (κ1) is 19.2. The molecule has 3 heterocycles. The molecule has 1 aliphatic heterocycles. The summed E-state index contributed by atoms with van der Waals surface area (Å²) < 4.78 is 8.93. The molecule has 28 heavy (non-hydrogen) atoms. The van der Waals surface area contributed by atoms with Crippen LogP contribution in [0.3, 0.4) is 0 Å². The maximum Gasteiger partial charge on any atom is 0.287 e. The molecular weight excluding hydrogens is 448 g/mol. The number of rotatable bonds is 4. The number of fused-ring (bicyclic) bond motifs is 1. The van der Waals surface area contributed by atoms with Gasteiger partial charge < -0.3 is 14.6 Å². The lowest BCUT2D eigenvalue weighted by atomic mass is 10.1. The van der Waals surface area contributed by atoms with E-state index in [9.17, 15) is 9.59 Å². The van der Waals surface area contributed by atoms with Gasteiger partial charge in [-0.15, -0.1) is 0 Å². The Balaban J connectivity index is 1.72. The van der Waals surface area contributed by atoms with E-state index in [-0.39, 0.29) is 11.6 Å². The van der Waals surface area contributed by atoms with Gasteiger partial charge in [-0.3, -0.25) is 9.59 Å². The lowest BCUT2D eigenvalue weighted by Crippen LogP contribution is -2.41. The molecule has 0 spiro atoms. The molecule has 0 radical (unpaired) electrons. The number of aromatic nitrogens is 3. The lowest BCUT2D eigenvalue weighted by Gasteiger charge is -2.23. The van der Waals surface area contributed by atoms with Crippen LogP contribution in [-0.2, 0) is 11.3 Å². The Labute approximate surface area is 174 Å². The monoisotopic (exact) mass is 464 g/mol. The first-order valence-corrected chi connectivity index (χ1v) is 10.1. The molecule has 0 unspecified atom stereocenters. The number of halogens is 2. The minimum absolute atomic E-state index is 0.00502. The molecular formula is C19H18BrClN4O3. The van der Waals surface area contributed by atoms with Crippen LogP contribution in [0, 0.1) is 0 Å². The van der Waals surface area contributed by atoms with E-state index in [0.29, 0.717) is 35.0 Å². The van der Waals surface area contributed by atoms with E-state index in [4.69, 9.17) is 16.3 Å². The van der Waals surface area contributed by atoms with Crippen LogP contribution < -0.4 is 10.9 Å². The van der Waals surface area contributed by atoms with Crippen LogP contribution in [0.1, 0.15) is 28.8 Å². The van der Waals surface area contributed by atoms with Gasteiger partial charge in [-0.2, -0.15) is 9.61 Å². The van der Waals surface area contributed by atoms with Gasteiger partial charge in [-0.1, -0.05) is 23.7 Å². The normalized spacial score (nSPS) is 15.1. The van der Waals surface area contributed by atoms with Crippen LogP contribution in [0.4, 0.5) is 0 Å². The minimum Gasteiger partial charge on any atom is -0.381 e. The number of nitrogens with zero attached hydrogens (tertiary/aromatic N) is 3. The maximum absolute atomic E-state index is 12.8. The van der Waals surface area contributed by atoms with Gasteiger partial charge in [0.2, 0.25) is 0 Å². The number of nitrogens with one attached hydrogen (secondary N) is 1. The fraction of sp³-hybridized carbons (Fsp3) is 0.316. The third kappa shape index (κ3) is 3.99. The maximum atomic E-state index is 12.8. The lowest BCUT2D eigenvalue weighted by molar-refractivity contribution is 0.0695. The molecule has 0 aliphatic carbocycles. The largest absolute Gasteiger partial charge is 0.381 e. The van der Waals surface area contributed by atoms with E-state index in [0.717, 1.165) is 18.4 Å². The molecule has 1 saturated heterocycles. The van der Waals surface area contributed by atoms with Crippen molar-refractivity contribution in [3.63, 3.8) is 0 Å². The van der Waals surface area contributed by atoms with E-state index >= 15 is 0 Å². The van der Waals surface area contributed by atoms with Gasteiger partial charge in [-0.25, -0.2) is 0 Å². The van der Waals surface area contributed by atoms with E-state index in [1.54, 1.807) is 12.3 Å². The Morgan fingerprint density at radius 3 is 2.71 bits per heavy atom. The van der Waals surface area contributed by atoms with Crippen molar-refractivity contribution in [2.24, 2.45) is 0 Å². The van der Waals surface area contributed by atoms with Gasteiger partial charge in [-0.05, 0) is 46.5 Å². The van der Waals surface area contributed by atoms with Crippen molar-refractivity contribution < 1.29 is 9.53 Å². The van der Waals surface area contributed by atoms with Crippen LogP contribution in [0.25, 0.3) is 5.65 Å².